The van der Waals surface area contributed by atoms with Crippen LogP contribution in [0.5, 0.6) is 0 Å². The summed E-state index contributed by atoms with van der Waals surface area (Å²) in [5.74, 6) is 0.775. The number of hydrogen-bond acceptors (Lipinski definition) is 2. The lowest BCUT2D eigenvalue weighted by Gasteiger charge is -2.07. The van der Waals surface area contributed by atoms with Gasteiger partial charge in [0.1, 0.15) is 0 Å². The molecule has 0 radical (unpaired) electrons. The molecule has 16 heavy (non-hydrogen) atoms. The van der Waals surface area contributed by atoms with Crippen LogP contribution in [0.3, 0.4) is 0 Å². The van der Waals surface area contributed by atoms with Crippen molar-refractivity contribution in [3.63, 3.8) is 0 Å². The molecule has 0 heterocycles. The maximum absolute atomic E-state index is 5.50. The molecule has 0 saturated heterocycles. The summed E-state index contributed by atoms with van der Waals surface area (Å²) in [6.07, 6.45) is 7.25. The first-order chi connectivity index (χ1) is 7.63. The van der Waals surface area contributed by atoms with Gasteiger partial charge in [0.25, 0.3) is 0 Å². The molecule has 92 valence electrons. The first-order valence-electron chi connectivity index (χ1n) is 6.14. The van der Waals surface area contributed by atoms with Crippen LogP contribution < -0.4 is 0 Å². The van der Waals surface area contributed by atoms with E-state index in [9.17, 15) is 0 Å². The Morgan fingerprint density at radius 1 is 1.44 bits per heavy atom. The summed E-state index contributed by atoms with van der Waals surface area (Å²) in [6.45, 7) is 12.8. The highest BCUT2D eigenvalue weighted by Gasteiger charge is 1.98. The number of unbranched alkanes of at least 4 members (excludes halogenated alkanes) is 1. The SMILES string of the molecule is C=C/C(=C\C(C)N=C(C)OCCCC)CC. The minimum atomic E-state index is 0.162. The maximum atomic E-state index is 5.50. The predicted molar refractivity (Wildman–Crippen MR) is 72.0 cm³/mol. The zero-order valence-electron chi connectivity index (χ0n) is 11.1. The highest BCUT2D eigenvalue weighted by molar-refractivity contribution is 5.73. The molecule has 0 bridgehead atoms. The summed E-state index contributed by atoms with van der Waals surface area (Å²) in [6, 6.07) is 0.162. The maximum Gasteiger partial charge on any atom is 0.180 e. The van der Waals surface area contributed by atoms with Gasteiger partial charge in [0.2, 0.25) is 0 Å². The second-order valence-electron chi connectivity index (χ2n) is 3.89. The summed E-state index contributed by atoms with van der Waals surface area (Å²) in [5, 5.41) is 0. The first kappa shape index (κ1) is 14.9. The summed E-state index contributed by atoms with van der Waals surface area (Å²) >= 11 is 0. The number of nitrogens with zero attached hydrogens (tertiary/aromatic N) is 1. The molecule has 1 unspecified atom stereocenters. The van der Waals surface area contributed by atoms with Gasteiger partial charge in [0, 0.05) is 6.92 Å². The van der Waals surface area contributed by atoms with Crippen molar-refractivity contribution in [2.75, 3.05) is 6.61 Å². The van der Waals surface area contributed by atoms with E-state index in [1.807, 2.05) is 13.0 Å². The largest absolute Gasteiger partial charge is 0.481 e. The number of aliphatic imine (C=N–C) groups is 1. The van der Waals surface area contributed by atoms with Crippen molar-refractivity contribution in [1.29, 1.82) is 0 Å². The van der Waals surface area contributed by atoms with Gasteiger partial charge in [0.15, 0.2) is 5.90 Å². The first-order valence-corrected chi connectivity index (χ1v) is 6.14. The summed E-state index contributed by atoms with van der Waals surface area (Å²) in [7, 11) is 0. The number of hydrogen-bond donors (Lipinski definition) is 0. The number of rotatable bonds is 7. The molecule has 0 fully saturated rings. The summed E-state index contributed by atoms with van der Waals surface area (Å²) in [4.78, 5) is 4.45. The molecule has 0 aromatic rings. The molecular formula is C14H25NO. The van der Waals surface area contributed by atoms with Gasteiger partial charge >= 0.3 is 0 Å². The smallest absolute Gasteiger partial charge is 0.180 e. The standard InChI is InChI=1S/C14H25NO/c1-6-9-10-16-13(5)15-12(4)11-14(7-2)8-3/h7,11-12H,2,6,8-10H2,1,3-5H3/b14-11+,15-13?. The molecule has 1 atom stereocenters. The molecule has 0 aliphatic carbocycles. The molecule has 0 aliphatic rings. The third kappa shape index (κ3) is 7.27. The van der Waals surface area contributed by atoms with Crippen LogP contribution in [-0.4, -0.2) is 18.5 Å². The second-order valence-corrected chi connectivity index (χ2v) is 3.89. The summed E-state index contributed by atoms with van der Waals surface area (Å²) in [5.41, 5.74) is 1.23. The zero-order chi connectivity index (χ0) is 12.4. The minimum absolute atomic E-state index is 0.162. The van der Waals surface area contributed by atoms with Crippen molar-refractivity contribution in [1.82, 2.24) is 0 Å². The van der Waals surface area contributed by atoms with Crippen LogP contribution in [0, 0.1) is 0 Å². The van der Waals surface area contributed by atoms with Crippen LogP contribution in [0.4, 0.5) is 0 Å². The molecule has 0 aromatic heterocycles. The van der Waals surface area contributed by atoms with Gasteiger partial charge in [-0.3, -0.25) is 0 Å². The Bertz CT molecular complexity index is 253. The lowest BCUT2D eigenvalue weighted by atomic mass is 10.1. The van der Waals surface area contributed by atoms with E-state index >= 15 is 0 Å². The van der Waals surface area contributed by atoms with E-state index in [-0.39, 0.29) is 6.04 Å². The Hall–Kier alpha value is -1.05. The van der Waals surface area contributed by atoms with E-state index in [4.69, 9.17) is 4.74 Å². The minimum Gasteiger partial charge on any atom is -0.481 e. The van der Waals surface area contributed by atoms with E-state index in [0.29, 0.717) is 0 Å². The molecular weight excluding hydrogens is 198 g/mol. The number of ether oxygens (including phenoxy) is 1. The lowest BCUT2D eigenvalue weighted by Crippen LogP contribution is -2.06. The van der Waals surface area contributed by atoms with E-state index < -0.39 is 0 Å². The molecule has 0 amide bonds. The van der Waals surface area contributed by atoms with Crippen molar-refractivity contribution >= 4 is 5.90 Å². The quantitative estimate of drug-likeness (QED) is 0.275. The number of allylic oxidation sites excluding steroid dienone is 2. The van der Waals surface area contributed by atoms with E-state index in [0.717, 1.165) is 31.8 Å². The van der Waals surface area contributed by atoms with Crippen molar-refractivity contribution in [2.24, 2.45) is 4.99 Å². The van der Waals surface area contributed by atoms with Crippen LogP contribution in [0.15, 0.2) is 29.3 Å². The van der Waals surface area contributed by atoms with Crippen LogP contribution in [0.1, 0.15) is 47.0 Å². The van der Waals surface area contributed by atoms with E-state index in [2.05, 4.69) is 38.4 Å². The Labute approximate surface area is 100 Å². The van der Waals surface area contributed by atoms with Crippen LogP contribution in [0.25, 0.3) is 0 Å². The predicted octanol–water partition coefficient (Wildman–Crippen LogP) is 4.13. The highest BCUT2D eigenvalue weighted by atomic mass is 16.5. The molecule has 0 aliphatic heterocycles. The Kier molecular flexibility index (Phi) is 8.59. The normalized spacial score (nSPS) is 14.8. The fourth-order valence-electron chi connectivity index (χ4n) is 1.37. The zero-order valence-corrected chi connectivity index (χ0v) is 11.1. The van der Waals surface area contributed by atoms with E-state index in [1.54, 1.807) is 0 Å². The van der Waals surface area contributed by atoms with E-state index in [1.165, 1.54) is 5.57 Å². The van der Waals surface area contributed by atoms with Gasteiger partial charge in [-0.2, -0.15) is 0 Å². The van der Waals surface area contributed by atoms with Crippen molar-refractivity contribution in [3.05, 3.63) is 24.3 Å². The highest BCUT2D eigenvalue weighted by Crippen LogP contribution is 2.06. The van der Waals surface area contributed by atoms with Crippen LogP contribution in [-0.2, 0) is 4.74 Å². The Morgan fingerprint density at radius 3 is 2.62 bits per heavy atom. The van der Waals surface area contributed by atoms with Gasteiger partial charge in [0.05, 0.1) is 12.6 Å². The van der Waals surface area contributed by atoms with Crippen molar-refractivity contribution in [3.8, 4) is 0 Å². The molecule has 2 nitrogen and oxygen atoms in total. The molecule has 0 saturated carbocycles. The molecule has 2 heteroatoms. The fraction of sp³-hybridized carbons (Fsp3) is 0.643. The lowest BCUT2D eigenvalue weighted by molar-refractivity contribution is 0.292. The van der Waals surface area contributed by atoms with Crippen LogP contribution >= 0.6 is 0 Å². The third-order valence-electron chi connectivity index (χ3n) is 2.32. The fourth-order valence-corrected chi connectivity index (χ4v) is 1.37. The third-order valence-corrected chi connectivity index (χ3v) is 2.32. The molecule has 0 spiro atoms. The molecule has 0 N–H and O–H groups in total. The topological polar surface area (TPSA) is 21.6 Å². The van der Waals surface area contributed by atoms with Gasteiger partial charge in [-0.15, -0.1) is 0 Å². The second kappa shape index (κ2) is 9.20. The van der Waals surface area contributed by atoms with Crippen LogP contribution in [0.2, 0.25) is 0 Å². The Balaban J connectivity index is 4.18. The van der Waals surface area contributed by atoms with Gasteiger partial charge < -0.3 is 4.74 Å². The molecule has 0 aromatic carbocycles. The van der Waals surface area contributed by atoms with Gasteiger partial charge in [-0.25, -0.2) is 4.99 Å². The average Bonchev–Trinajstić information content (AvgIpc) is 2.26. The summed E-state index contributed by atoms with van der Waals surface area (Å²) < 4.78 is 5.50. The van der Waals surface area contributed by atoms with Crippen molar-refractivity contribution in [2.45, 2.75) is 53.0 Å². The Morgan fingerprint density at radius 2 is 2.12 bits per heavy atom. The van der Waals surface area contributed by atoms with Gasteiger partial charge in [-0.05, 0) is 19.8 Å². The average molecular weight is 223 g/mol. The van der Waals surface area contributed by atoms with Gasteiger partial charge in [-0.1, -0.05) is 44.6 Å². The monoisotopic (exact) mass is 223 g/mol. The van der Waals surface area contributed by atoms with Crippen molar-refractivity contribution < 1.29 is 4.74 Å². The molecule has 0 rings (SSSR count).